The van der Waals surface area contributed by atoms with Crippen LogP contribution in [0.1, 0.15) is 26.7 Å². The molecule has 0 bridgehead atoms. The van der Waals surface area contributed by atoms with Gasteiger partial charge in [-0.15, -0.1) is 0 Å². The lowest BCUT2D eigenvalue weighted by atomic mass is 10.5. The summed E-state index contributed by atoms with van der Waals surface area (Å²) < 4.78 is 0. The van der Waals surface area contributed by atoms with E-state index in [9.17, 15) is 9.59 Å². The molecule has 15 heavy (non-hydrogen) atoms. The van der Waals surface area contributed by atoms with Crippen molar-refractivity contribution in [3.63, 3.8) is 0 Å². The van der Waals surface area contributed by atoms with E-state index in [1.165, 1.54) is 0 Å². The van der Waals surface area contributed by atoms with Crippen LogP contribution in [0.2, 0.25) is 0 Å². The molecular formula is C7H18O7Si. The number of hydrogen-bond acceptors (Lipinski definition) is 3. The average Bonchev–Trinajstić information content (AvgIpc) is 2.04. The van der Waals surface area contributed by atoms with Crippen LogP contribution in [0.4, 0.5) is 4.79 Å². The van der Waals surface area contributed by atoms with Crippen molar-refractivity contribution in [2.75, 3.05) is 0 Å². The maximum Gasteiger partial charge on any atom is 0.503 e. The SMILES string of the molecule is CCC(=O)O.CCC(=O)O.O=C(O)O.[SiH4]. The zero-order valence-corrected chi connectivity index (χ0v) is 7.93. The molecule has 0 rings (SSSR count). The minimum absolute atomic E-state index is 0. The monoisotopic (exact) mass is 242 g/mol. The standard InChI is InChI=1S/2C3H6O2.CH2O3.H4Si/c2*1-2-3(4)5;2-1(3)4;/h2*2H2,1H3,(H,4,5);(H2,2,3,4);1H4. The minimum Gasteiger partial charge on any atom is -0.481 e. The van der Waals surface area contributed by atoms with Crippen molar-refractivity contribution in [3.8, 4) is 0 Å². The molecule has 0 unspecified atom stereocenters. The molecule has 0 aromatic heterocycles. The van der Waals surface area contributed by atoms with E-state index in [0.29, 0.717) is 0 Å². The van der Waals surface area contributed by atoms with Crippen LogP contribution in [-0.2, 0) is 9.59 Å². The molecule has 0 saturated carbocycles. The molecule has 0 saturated heterocycles. The number of carboxylic acids is 2. The first-order valence-corrected chi connectivity index (χ1v) is 3.63. The minimum atomic E-state index is -1.83. The lowest BCUT2D eigenvalue weighted by Crippen LogP contribution is -1.86. The predicted molar refractivity (Wildman–Crippen MR) is 57.8 cm³/mol. The topological polar surface area (TPSA) is 132 Å². The summed E-state index contributed by atoms with van der Waals surface area (Å²) >= 11 is 0. The fourth-order valence-electron chi connectivity index (χ4n) is 0. The quantitative estimate of drug-likeness (QED) is 0.490. The van der Waals surface area contributed by atoms with Gasteiger partial charge >= 0.3 is 18.1 Å². The summed E-state index contributed by atoms with van der Waals surface area (Å²) in [6.07, 6.45) is -1.39. The van der Waals surface area contributed by atoms with Crippen LogP contribution in [0.15, 0.2) is 0 Å². The molecule has 0 aromatic carbocycles. The summed E-state index contributed by atoms with van der Waals surface area (Å²) in [5.74, 6) is -1.49. The van der Waals surface area contributed by atoms with Gasteiger partial charge in [0.25, 0.3) is 0 Å². The second-order valence-corrected chi connectivity index (χ2v) is 1.78. The number of carbonyl (C=O) groups is 3. The highest BCUT2D eigenvalue weighted by atomic mass is 28.1. The second kappa shape index (κ2) is 18.3. The molecule has 0 atom stereocenters. The number of hydrogen-bond donors (Lipinski definition) is 4. The Morgan fingerprint density at radius 1 is 0.800 bits per heavy atom. The summed E-state index contributed by atoms with van der Waals surface area (Å²) in [7, 11) is 0. The summed E-state index contributed by atoms with van der Waals surface area (Å²) in [5, 5.41) is 29.4. The average molecular weight is 242 g/mol. The third-order valence-electron chi connectivity index (χ3n) is 0.605. The second-order valence-electron chi connectivity index (χ2n) is 1.78. The molecule has 0 aliphatic heterocycles. The molecule has 0 aliphatic rings. The van der Waals surface area contributed by atoms with Gasteiger partial charge in [0.1, 0.15) is 0 Å². The van der Waals surface area contributed by atoms with E-state index in [1.54, 1.807) is 13.8 Å². The molecule has 0 fully saturated rings. The first-order chi connectivity index (χ1) is 6.27. The fourth-order valence-corrected chi connectivity index (χ4v) is 0. The van der Waals surface area contributed by atoms with Crippen LogP contribution in [0.5, 0.6) is 0 Å². The van der Waals surface area contributed by atoms with Crippen molar-refractivity contribution < 1.29 is 34.8 Å². The maximum absolute atomic E-state index is 9.37. The summed E-state index contributed by atoms with van der Waals surface area (Å²) in [6, 6.07) is 0. The van der Waals surface area contributed by atoms with Crippen molar-refractivity contribution >= 4 is 29.1 Å². The largest absolute Gasteiger partial charge is 0.503 e. The van der Waals surface area contributed by atoms with Crippen molar-refractivity contribution in [1.82, 2.24) is 0 Å². The maximum atomic E-state index is 9.37. The summed E-state index contributed by atoms with van der Waals surface area (Å²) in [4.78, 5) is 27.3. The molecule has 8 heteroatoms. The third kappa shape index (κ3) is 229. The Hall–Kier alpha value is -1.57. The Morgan fingerprint density at radius 2 is 0.867 bits per heavy atom. The van der Waals surface area contributed by atoms with Gasteiger partial charge in [0.15, 0.2) is 0 Å². The van der Waals surface area contributed by atoms with Gasteiger partial charge < -0.3 is 20.4 Å². The van der Waals surface area contributed by atoms with Crippen LogP contribution in [-0.4, -0.2) is 49.5 Å². The van der Waals surface area contributed by atoms with E-state index >= 15 is 0 Å². The highest BCUT2D eigenvalue weighted by Gasteiger charge is 1.81. The van der Waals surface area contributed by atoms with Crippen LogP contribution >= 0.6 is 0 Å². The van der Waals surface area contributed by atoms with E-state index < -0.39 is 18.1 Å². The highest BCUT2D eigenvalue weighted by Crippen LogP contribution is 1.67. The number of rotatable bonds is 2. The van der Waals surface area contributed by atoms with Crippen molar-refractivity contribution in [3.05, 3.63) is 0 Å². The molecule has 0 heterocycles. The smallest absolute Gasteiger partial charge is 0.481 e. The van der Waals surface area contributed by atoms with Gasteiger partial charge in [-0.3, -0.25) is 9.59 Å². The Balaban J connectivity index is -0.0000000590. The Labute approximate surface area is 91.4 Å². The molecule has 0 amide bonds. The summed E-state index contributed by atoms with van der Waals surface area (Å²) in [6.45, 7) is 3.20. The normalized spacial score (nSPS) is 6.53. The molecule has 0 aromatic rings. The fraction of sp³-hybridized carbons (Fsp3) is 0.571. The van der Waals surface area contributed by atoms with Crippen LogP contribution < -0.4 is 0 Å². The van der Waals surface area contributed by atoms with Gasteiger partial charge in [0.05, 0.1) is 0 Å². The van der Waals surface area contributed by atoms with Crippen LogP contribution in [0, 0.1) is 0 Å². The van der Waals surface area contributed by atoms with Gasteiger partial charge in [-0.25, -0.2) is 4.79 Å². The Morgan fingerprint density at radius 3 is 0.867 bits per heavy atom. The molecule has 0 aliphatic carbocycles. The number of carboxylic acid groups (broad SMARTS) is 4. The van der Waals surface area contributed by atoms with Crippen molar-refractivity contribution in [2.24, 2.45) is 0 Å². The van der Waals surface area contributed by atoms with Gasteiger partial charge in [-0.05, 0) is 11.0 Å². The van der Waals surface area contributed by atoms with E-state index in [-0.39, 0.29) is 23.8 Å². The van der Waals surface area contributed by atoms with Gasteiger partial charge in [0.2, 0.25) is 0 Å². The first-order valence-electron chi connectivity index (χ1n) is 3.63. The van der Waals surface area contributed by atoms with Crippen molar-refractivity contribution in [1.29, 1.82) is 0 Å². The highest BCUT2D eigenvalue weighted by molar-refractivity contribution is 5.75. The first kappa shape index (κ1) is 23.3. The molecule has 7 nitrogen and oxygen atoms in total. The van der Waals surface area contributed by atoms with E-state index in [2.05, 4.69) is 0 Å². The van der Waals surface area contributed by atoms with Crippen LogP contribution in [0.3, 0.4) is 0 Å². The lowest BCUT2D eigenvalue weighted by molar-refractivity contribution is -0.137. The van der Waals surface area contributed by atoms with Crippen LogP contribution in [0.25, 0.3) is 0 Å². The Bertz CT molecular complexity index is 162. The third-order valence-corrected chi connectivity index (χ3v) is 0.605. The zero-order chi connectivity index (χ0) is 12.1. The van der Waals surface area contributed by atoms with Gasteiger partial charge in [-0.1, -0.05) is 13.8 Å². The van der Waals surface area contributed by atoms with E-state index in [4.69, 9.17) is 25.2 Å². The van der Waals surface area contributed by atoms with E-state index in [1.807, 2.05) is 0 Å². The van der Waals surface area contributed by atoms with Gasteiger partial charge in [0, 0.05) is 12.8 Å². The summed E-state index contributed by atoms with van der Waals surface area (Å²) in [5.41, 5.74) is 0. The van der Waals surface area contributed by atoms with Crippen molar-refractivity contribution in [2.45, 2.75) is 26.7 Å². The Kier molecular flexibility index (Phi) is 28.4. The number of aliphatic carboxylic acids is 2. The molecular weight excluding hydrogens is 224 g/mol. The molecule has 0 radical (unpaired) electrons. The molecule has 0 spiro atoms. The lowest BCUT2D eigenvalue weighted by Gasteiger charge is -1.71. The van der Waals surface area contributed by atoms with E-state index in [0.717, 1.165) is 0 Å². The predicted octanol–water partition coefficient (Wildman–Crippen LogP) is -0.267. The zero-order valence-electron chi connectivity index (χ0n) is 7.93. The molecule has 4 N–H and O–H groups in total. The molecule has 92 valence electrons. The van der Waals surface area contributed by atoms with Gasteiger partial charge in [-0.2, -0.15) is 0 Å².